The molecule has 27 heavy (non-hydrogen) atoms. The lowest BCUT2D eigenvalue weighted by Gasteiger charge is -2.06. The number of carbonyl (C=O) groups is 2. The molecule has 0 aliphatic rings. The van der Waals surface area contributed by atoms with Crippen LogP contribution in [-0.2, 0) is 16.1 Å². The van der Waals surface area contributed by atoms with E-state index in [1.165, 1.54) is 6.21 Å². The largest absolute Gasteiger partial charge is 0.497 e. The molecule has 0 aliphatic carbocycles. The van der Waals surface area contributed by atoms with Crippen molar-refractivity contribution < 1.29 is 19.1 Å². The molecular formula is C20H23N3O4. The first-order chi connectivity index (χ1) is 13.1. The van der Waals surface area contributed by atoms with E-state index in [0.29, 0.717) is 6.61 Å². The number of hydrogen-bond donors (Lipinski definition) is 2. The van der Waals surface area contributed by atoms with Crippen molar-refractivity contribution in [3.8, 4) is 11.5 Å². The average molecular weight is 369 g/mol. The Kier molecular flexibility index (Phi) is 7.84. The van der Waals surface area contributed by atoms with Crippen molar-refractivity contribution in [3.63, 3.8) is 0 Å². The summed E-state index contributed by atoms with van der Waals surface area (Å²) >= 11 is 0. The van der Waals surface area contributed by atoms with Crippen LogP contribution in [0.5, 0.6) is 11.5 Å². The standard InChI is InChI=1S/C20H23N3O4/c1-3-11-27-18-6-4-5-16(12-18)14-22-23-20(25)19(24)21-13-15-7-9-17(26-2)10-8-15/h4-10,12,14H,3,11,13H2,1-2H3,(H,21,24)(H,23,25)/b22-14-. The molecule has 0 unspecified atom stereocenters. The average Bonchev–Trinajstić information content (AvgIpc) is 2.71. The molecule has 2 aromatic carbocycles. The van der Waals surface area contributed by atoms with E-state index in [9.17, 15) is 9.59 Å². The molecule has 0 saturated heterocycles. The van der Waals surface area contributed by atoms with E-state index in [1.54, 1.807) is 25.3 Å². The minimum absolute atomic E-state index is 0.233. The van der Waals surface area contributed by atoms with Crippen LogP contribution in [-0.4, -0.2) is 31.7 Å². The van der Waals surface area contributed by atoms with Crippen LogP contribution in [0.25, 0.3) is 0 Å². The van der Waals surface area contributed by atoms with Gasteiger partial charge in [-0.3, -0.25) is 9.59 Å². The van der Waals surface area contributed by atoms with Crippen LogP contribution in [0.4, 0.5) is 0 Å². The van der Waals surface area contributed by atoms with Crippen molar-refractivity contribution in [1.82, 2.24) is 10.7 Å². The molecule has 7 heteroatoms. The van der Waals surface area contributed by atoms with E-state index in [2.05, 4.69) is 15.8 Å². The number of nitrogens with zero attached hydrogens (tertiary/aromatic N) is 1. The number of benzene rings is 2. The predicted molar refractivity (Wildman–Crippen MR) is 103 cm³/mol. The van der Waals surface area contributed by atoms with Gasteiger partial charge in [-0.15, -0.1) is 0 Å². The highest BCUT2D eigenvalue weighted by atomic mass is 16.5. The van der Waals surface area contributed by atoms with Gasteiger partial charge in [0.1, 0.15) is 11.5 Å². The second-order valence-corrected chi connectivity index (χ2v) is 5.65. The zero-order valence-corrected chi connectivity index (χ0v) is 15.4. The summed E-state index contributed by atoms with van der Waals surface area (Å²) in [5.41, 5.74) is 3.81. The molecule has 0 aromatic heterocycles. The quantitative estimate of drug-likeness (QED) is 0.424. The van der Waals surface area contributed by atoms with Crippen molar-refractivity contribution in [3.05, 3.63) is 59.7 Å². The van der Waals surface area contributed by atoms with E-state index in [0.717, 1.165) is 29.0 Å². The van der Waals surface area contributed by atoms with Gasteiger partial charge in [0.2, 0.25) is 0 Å². The summed E-state index contributed by atoms with van der Waals surface area (Å²) in [7, 11) is 1.58. The summed E-state index contributed by atoms with van der Waals surface area (Å²) in [6.45, 7) is 2.89. The number of hydrogen-bond acceptors (Lipinski definition) is 5. The lowest BCUT2D eigenvalue weighted by atomic mass is 10.2. The maximum absolute atomic E-state index is 11.8. The highest BCUT2D eigenvalue weighted by molar-refractivity contribution is 6.35. The van der Waals surface area contributed by atoms with E-state index in [4.69, 9.17) is 9.47 Å². The topological polar surface area (TPSA) is 89.0 Å². The van der Waals surface area contributed by atoms with Crippen LogP contribution < -0.4 is 20.2 Å². The fraction of sp³-hybridized carbons (Fsp3) is 0.250. The molecular weight excluding hydrogens is 346 g/mol. The number of ether oxygens (including phenoxy) is 2. The van der Waals surface area contributed by atoms with Crippen molar-refractivity contribution in [2.75, 3.05) is 13.7 Å². The summed E-state index contributed by atoms with van der Waals surface area (Å²) in [4.78, 5) is 23.6. The van der Waals surface area contributed by atoms with E-state index in [-0.39, 0.29) is 6.54 Å². The van der Waals surface area contributed by atoms with Gasteiger partial charge < -0.3 is 14.8 Å². The van der Waals surface area contributed by atoms with Crippen molar-refractivity contribution in [2.24, 2.45) is 5.10 Å². The van der Waals surface area contributed by atoms with Gasteiger partial charge in [0.05, 0.1) is 19.9 Å². The Balaban J connectivity index is 1.80. The third kappa shape index (κ3) is 6.81. The molecule has 0 aliphatic heterocycles. The molecule has 0 heterocycles. The molecule has 2 rings (SSSR count). The van der Waals surface area contributed by atoms with Crippen molar-refractivity contribution in [2.45, 2.75) is 19.9 Å². The Morgan fingerprint density at radius 2 is 1.85 bits per heavy atom. The second kappa shape index (κ2) is 10.6. The summed E-state index contributed by atoms with van der Waals surface area (Å²) < 4.78 is 10.6. The van der Waals surface area contributed by atoms with Gasteiger partial charge in [0, 0.05) is 6.54 Å². The van der Waals surface area contributed by atoms with Crippen LogP contribution >= 0.6 is 0 Å². The summed E-state index contributed by atoms with van der Waals surface area (Å²) in [6.07, 6.45) is 2.37. The van der Waals surface area contributed by atoms with Gasteiger partial charge in [-0.05, 0) is 41.8 Å². The molecule has 0 atom stereocenters. The lowest BCUT2D eigenvalue weighted by molar-refractivity contribution is -0.139. The van der Waals surface area contributed by atoms with Gasteiger partial charge in [0.15, 0.2) is 0 Å². The molecule has 2 amide bonds. The first-order valence-electron chi connectivity index (χ1n) is 8.59. The Morgan fingerprint density at radius 3 is 2.56 bits per heavy atom. The maximum atomic E-state index is 11.8. The van der Waals surface area contributed by atoms with Crippen LogP contribution in [0.1, 0.15) is 24.5 Å². The number of carbonyl (C=O) groups excluding carboxylic acids is 2. The normalized spacial score (nSPS) is 10.4. The summed E-state index contributed by atoms with van der Waals surface area (Å²) in [5.74, 6) is -0.146. The third-order valence-corrected chi connectivity index (χ3v) is 3.53. The number of methoxy groups -OCH3 is 1. The molecule has 7 nitrogen and oxygen atoms in total. The zero-order chi connectivity index (χ0) is 19.5. The van der Waals surface area contributed by atoms with Crippen LogP contribution in [0.3, 0.4) is 0 Å². The SMILES string of the molecule is CCCOc1cccc(/C=N\NC(=O)C(=O)NCc2ccc(OC)cc2)c1. The molecule has 0 bridgehead atoms. The molecule has 0 fully saturated rings. The lowest BCUT2D eigenvalue weighted by Crippen LogP contribution is -2.37. The van der Waals surface area contributed by atoms with Gasteiger partial charge in [-0.25, -0.2) is 5.43 Å². The monoisotopic (exact) mass is 369 g/mol. The minimum Gasteiger partial charge on any atom is -0.497 e. The van der Waals surface area contributed by atoms with Crippen LogP contribution in [0.15, 0.2) is 53.6 Å². The van der Waals surface area contributed by atoms with Crippen molar-refractivity contribution >= 4 is 18.0 Å². The van der Waals surface area contributed by atoms with Gasteiger partial charge in [-0.1, -0.05) is 31.2 Å². The smallest absolute Gasteiger partial charge is 0.329 e. The van der Waals surface area contributed by atoms with Gasteiger partial charge in [-0.2, -0.15) is 5.10 Å². The highest BCUT2D eigenvalue weighted by Crippen LogP contribution is 2.12. The van der Waals surface area contributed by atoms with Gasteiger partial charge in [0.25, 0.3) is 0 Å². The zero-order valence-electron chi connectivity index (χ0n) is 15.4. The molecule has 142 valence electrons. The van der Waals surface area contributed by atoms with Crippen molar-refractivity contribution in [1.29, 1.82) is 0 Å². The fourth-order valence-corrected chi connectivity index (χ4v) is 2.13. The minimum atomic E-state index is -0.835. The van der Waals surface area contributed by atoms with Crippen LogP contribution in [0.2, 0.25) is 0 Å². The van der Waals surface area contributed by atoms with E-state index >= 15 is 0 Å². The fourth-order valence-electron chi connectivity index (χ4n) is 2.13. The highest BCUT2D eigenvalue weighted by Gasteiger charge is 2.11. The van der Waals surface area contributed by atoms with Gasteiger partial charge >= 0.3 is 11.8 Å². The molecule has 0 saturated carbocycles. The number of amides is 2. The second-order valence-electron chi connectivity index (χ2n) is 5.65. The number of hydrazone groups is 1. The molecule has 0 radical (unpaired) electrons. The Morgan fingerprint density at radius 1 is 1.07 bits per heavy atom. The molecule has 2 aromatic rings. The third-order valence-electron chi connectivity index (χ3n) is 3.53. The van der Waals surface area contributed by atoms with E-state index < -0.39 is 11.8 Å². The Labute approximate surface area is 158 Å². The molecule has 2 N–H and O–H groups in total. The maximum Gasteiger partial charge on any atom is 0.329 e. The Hall–Kier alpha value is -3.35. The first kappa shape index (κ1) is 20.0. The summed E-state index contributed by atoms with van der Waals surface area (Å²) in [6, 6.07) is 14.5. The Bertz CT molecular complexity index is 788. The van der Waals surface area contributed by atoms with E-state index in [1.807, 2.05) is 37.3 Å². The first-order valence-corrected chi connectivity index (χ1v) is 8.59. The predicted octanol–water partition coefficient (Wildman–Crippen LogP) is 2.25. The van der Waals surface area contributed by atoms with Crippen LogP contribution in [0, 0.1) is 0 Å². The number of rotatable bonds is 8. The summed E-state index contributed by atoms with van der Waals surface area (Å²) in [5, 5.41) is 6.34. The number of nitrogens with one attached hydrogen (secondary N) is 2. The molecule has 0 spiro atoms.